The topological polar surface area (TPSA) is 26.7 Å². The third kappa shape index (κ3) is 7.25. The number of likely N-dealkylation sites (N-methyl/N-ethyl adjacent to an activating group) is 1. The van der Waals surface area contributed by atoms with Crippen molar-refractivity contribution in [1.82, 2.24) is 9.80 Å². The van der Waals surface area contributed by atoms with Crippen molar-refractivity contribution in [3.63, 3.8) is 0 Å². The molecule has 1 heterocycles. The lowest BCUT2D eigenvalue weighted by Gasteiger charge is -2.42. The van der Waals surface area contributed by atoms with Crippen LogP contribution in [0.3, 0.4) is 0 Å². The van der Waals surface area contributed by atoms with E-state index >= 15 is 0 Å². The molecule has 1 aliphatic heterocycles. The summed E-state index contributed by atoms with van der Waals surface area (Å²) in [6.45, 7) is 7.53. The minimum Gasteiger partial charge on any atom is -0.385 e. The highest BCUT2D eigenvalue weighted by molar-refractivity contribution is 5.85. The Morgan fingerprint density at radius 2 is 1.47 bits per heavy atom. The van der Waals surface area contributed by atoms with Crippen LogP contribution in [-0.2, 0) is 12.0 Å². The van der Waals surface area contributed by atoms with E-state index in [1.807, 2.05) is 6.07 Å². The van der Waals surface area contributed by atoms with E-state index in [0.29, 0.717) is 0 Å². The van der Waals surface area contributed by atoms with Crippen molar-refractivity contribution in [3.8, 4) is 0 Å². The third-order valence-electron chi connectivity index (χ3n) is 6.26. The predicted molar refractivity (Wildman–Crippen MR) is 132 cm³/mol. The molecule has 2 atom stereocenters. The lowest BCUT2D eigenvalue weighted by atomic mass is 9.74. The van der Waals surface area contributed by atoms with Crippen molar-refractivity contribution in [2.75, 3.05) is 39.8 Å². The first-order valence-electron chi connectivity index (χ1n) is 10.8. The fraction of sp³-hybridized carbons (Fsp3) is 0.520. The van der Waals surface area contributed by atoms with Gasteiger partial charge in [-0.25, -0.2) is 0 Å². The highest BCUT2D eigenvalue weighted by Crippen LogP contribution is 2.37. The molecule has 0 bridgehead atoms. The van der Waals surface area contributed by atoms with Crippen LogP contribution in [0, 0.1) is 5.92 Å². The number of unbranched alkanes of at least 4 members (excludes halogenated alkanes) is 1. The first-order valence-corrected chi connectivity index (χ1v) is 10.8. The summed E-state index contributed by atoms with van der Waals surface area (Å²) < 4.78 is 0. The standard InChI is InChI=1S/C25H36N2O.2ClH/c1-3-4-15-25(28,23-13-9-6-10-14-23)24(20-22-11-7-5-8-12-22)21-27-18-16-26(2)17-19-27;;/h5-14,24,28H,3-4,15-21H2,1-2H3;2*1H. The van der Waals surface area contributed by atoms with Crippen LogP contribution in [0.25, 0.3) is 0 Å². The molecule has 3 nitrogen and oxygen atoms in total. The summed E-state index contributed by atoms with van der Waals surface area (Å²) in [5.74, 6) is 0.173. The second-order valence-electron chi connectivity index (χ2n) is 8.38. The molecule has 1 aliphatic rings. The quantitative estimate of drug-likeness (QED) is 0.578. The minimum atomic E-state index is -0.795. The molecule has 0 radical (unpaired) electrons. The SMILES string of the molecule is CCCCC(O)(c1ccccc1)C(Cc1ccccc1)CN1CCN(C)CC1.Cl.Cl. The van der Waals surface area contributed by atoms with Crippen molar-refractivity contribution in [2.24, 2.45) is 5.92 Å². The van der Waals surface area contributed by atoms with Gasteiger partial charge in [-0.15, -0.1) is 24.8 Å². The summed E-state index contributed by atoms with van der Waals surface area (Å²) in [7, 11) is 2.19. The molecule has 5 heteroatoms. The molecule has 0 spiro atoms. The summed E-state index contributed by atoms with van der Waals surface area (Å²) in [5, 5.41) is 12.1. The highest BCUT2D eigenvalue weighted by Gasteiger charge is 2.39. The zero-order valence-corrected chi connectivity index (χ0v) is 20.0. The van der Waals surface area contributed by atoms with Gasteiger partial charge in [0.15, 0.2) is 0 Å². The number of halogens is 2. The van der Waals surface area contributed by atoms with Crippen molar-refractivity contribution < 1.29 is 5.11 Å². The van der Waals surface area contributed by atoms with Gasteiger partial charge in [-0.3, -0.25) is 0 Å². The van der Waals surface area contributed by atoms with Gasteiger partial charge in [-0.2, -0.15) is 0 Å². The number of aliphatic hydroxyl groups is 1. The van der Waals surface area contributed by atoms with Gasteiger partial charge in [-0.1, -0.05) is 80.4 Å². The molecule has 1 N–H and O–H groups in total. The Morgan fingerprint density at radius 3 is 2.03 bits per heavy atom. The van der Waals surface area contributed by atoms with Crippen LogP contribution >= 0.6 is 24.8 Å². The monoisotopic (exact) mass is 452 g/mol. The van der Waals surface area contributed by atoms with E-state index in [9.17, 15) is 5.11 Å². The molecule has 0 aromatic heterocycles. The molecule has 2 aromatic rings. The largest absolute Gasteiger partial charge is 0.385 e. The van der Waals surface area contributed by atoms with E-state index in [0.717, 1.165) is 64.0 Å². The fourth-order valence-electron chi connectivity index (χ4n) is 4.38. The Bertz CT molecular complexity index is 693. The number of piperazine rings is 1. The van der Waals surface area contributed by atoms with Gasteiger partial charge in [-0.05, 0) is 31.0 Å². The number of hydrogen-bond acceptors (Lipinski definition) is 3. The zero-order valence-electron chi connectivity index (χ0n) is 18.4. The van der Waals surface area contributed by atoms with Crippen LogP contribution < -0.4 is 0 Å². The second kappa shape index (κ2) is 13.3. The van der Waals surface area contributed by atoms with Crippen LogP contribution in [-0.4, -0.2) is 54.7 Å². The lowest BCUT2D eigenvalue weighted by Crippen LogP contribution is -2.50. The molecule has 1 fully saturated rings. The molecule has 30 heavy (non-hydrogen) atoms. The van der Waals surface area contributed by atoms with Crippen LogP contribution in [0.2, 0.25) is 0 Å². The number of hydrogen-bond donors (Lipinski definition) is 1. The summed E-state index contributed by atoms with van der Waals surface area (Å²) in [5.41, 5.74) is 1.59. The van der Waals surface area contributed by atoms with E-state index in [1.165, 1.54) is 5.56 Å². The Labute approximate surface area is 195 Å². The van der Waals surface area contributed by atoms with Crippen molar-refractivity contribution in [3.05, 3.63) is 71.8 Å². The average molecular weight is 453 g/mol. The van der Waals surface area contributed by atoms with Gasteiger partial charge >= 0.3 is 0 Å². The van der Waals surface area contributed by atoms with E-state index < -0.39 is 5.60 Å². The molecule has 168 valence electrons. The van der Waals surface area contributed by atoms with Gasteiger partial charge in [0.1, 0.15) is 0 Å². The van der Waals surface area contributed by atoms with E-state index in [1.54, 1.807) is 0 Å². The van der Waals surface area contributed by atoms with Crippen LogP contribution in [0.4, 0.5) is 0 Å². The molecule has 3 rings (SSSR count). The number of nitrogens with zero attached hydrogens (tertiary/aromatic N) is 2. The molecule has 0 amide bonds. The summed E-state index contributed by atoms with van der Waals surface area (Å²) in [4.78, 5) is 4.94. The molecule has 2 aromatic carbocycles. The lowest BCUT2D eigenvalue weighted by molar-refractivity contribution is -0.0496. The molecular formula is C25H38Cl2N2O. The summed E-state index contributed by atoms with van der Waals surface area (Å²) >= 11 is 0. The van der Waals surface area contributed by atoms with Gasteiger partial charge in [0.2, 0.25) is 0 Å². The van der Waals surface area contributed by atoms with Crippen molar-refractivity contribution >= 4 is 24.8 Å². The Hall–Kier alpha value is -1.10. The molecular weight excluding hydrogens is 415 g/mol. The zero-order chi connectivity index (χ0) is 19.8. The average Bonchev–Trinajstić information content (AvgIpc) is 2.74. The smallest absolute Gasteiger partial charge is 0.0939 e. The van der Waals surface area contributed by atoms with Crippen LogP contribution in [0.15, 0.2) is 60.7 Å². The third-order valence-corrected chi connectivity index (χ3v) is 6.26. The summed E-state index contributed by atoms with van der Waals surface area (Å²) in [6, 6.07) is 21.0. The molecule has 0 aliphatic carbocycles. The Morgan fingerprint density at radius 1 is 0.900 bits per heavy atom. The van der Waals surface area contributed by atoms with E-state index in [2.05, 4.69) is 78.4 Å². The summed E-state index contributed by atoms with van der Waals surface area (Å²) in [6.07, 6.45) is 3.86. The predicted octanol–water partition coefficient (Wildman–Crippen LogP) is 5.01. The first-order chi connectivity index (χ1) is 13.6. The Balaban J connectivity index is 0.00000225. The first kappa shape index (κ1) is 26.9. The van der Waals surface area contributed by atoms with Crippen molar-refractivity contribution in [2.45, 2.75) is 38.2 Å². The fourth-order valence-corrected chi connectivity index (χ4v) is 4.38. The van der Waals surface area contributed by atoms with Crippen molar-refractivity contribution in [1.29, 1.82) is 0 Å². The van der Waals surface area contributed by atoms with Gasteiger partial charge in [0.05, 0.1) is 5.60 Å². The number of rotatable bonds is 9. The maximum atomic E-state index is 12.1. The van der Waals surface area contributed by atoms with Crippen LogP contribution in [0.5, 0.6) is 0 Å². The van der Waals surface area contributed by atoms with Gasteiger partial charge in [0, 0.05) is 38.6 Å². The van der Waals surface area contributed by atoms with Gasteiger partial charge in [0.25, 0.3) is 0 Å². The number of benzene rings is 2. The maximum absolute atomic E-state index is 12.1. The van der Waals surface area contributed by atoms with E-state index in [-0.39, 0.29) is 30.7 Å². The second-order valence-corrected chi connectivity index (χ2v) is 8.38. The minimum absolute atomic E-state index is 0. The highest BCUT2D eigenvalue weighted by atomic mass is 35.5. The maximum Gasteiger partial charge on any atom is 0.0939 e. The normalized spacial score (nSPS) is 18.0. The molecule has 0 saturated carbocycles. The Kier molecular flexibility index (Phi) is 12.0. The molecule has 1 saturated heterocycles. The van der Waals surface area contributed by atoms with Crippen LogP contribution in [0.1, 0.15) is 37.3 Å². The van der Waals surface area contributed by atoms with E-state index in [4.69, 9.17) is 0 Å². The molecule has 2 unspecified atom stereocenters. The van der Waals surface area contributed by atoms with Gasteiger partial charge < -0.3 is 14.9 Å².